The van der Waals surface area contributed by atoms with Crippen LogP contribution in [-0.4, -0.2) is 61.0 Å². The first kappa shape index (κ1) is 17.7. The molecule has 7 heteroatoms. The molecule has 0 radical (unpaired) electrons. The Balaban J connectivity index is 1.50. The number of carbonyl (C=O) groups is 2. The van der Waals surface area contributed by atoms with Gasteiger partial charge in [-0.25, -0.2) is 4.98 Å². The van der Waals surface area contributed by atoms with Gasteiger partial charge in [0.2, 0.25) is 5.91 Å². The zero-order valence-electron chi connectivity index (χ0n) is 14.6. The predicted octanol–water partition coefficient (Wildman–Crippen LogP) is 0.609. The molecular formula is C18H27N5O2. The third-order valence-corrected chi connectivity index (χ3v) is 5.21. The summed E-state index contributed by atoms with van der Waals surface area (Å²) in [6, 6.07) is 3.41. The second-order valence-corrected chi connectivity index (χ2v) is 6.84. The Bertz CT molecular complexity index is 607. The van der Waals surface area contributed by atoms with Crippen LogP contribution in [-0.2, 0) is 4.79 Å². The maximum absolute atomic E-state index is 12.5. The number of nitrogens with two attached hydrogens (primary N) is 1. The molecule has 0 spiro atoms. The van der Waals surface area contributed by atoms with Crippen LogP contribution in [0.3, 0.4) is 0 Å². The molecule has 0 saturated carbocycles. The van der Waals surface area contributed by atoms with Crippen LogP contribution in [0, 0.1) is 5.92 Å². The van der Waals surface area contributed by atoms with Crippen molar-refractivity contribution in [3.8, 4) is 0 Å². The Kier molecular flexibility index (Phi) is 5.86. The highest BCUT2D eigenvalue weighted by Gasteiger charge is 2.25. The third-order valence-electron chi connectivity index (χ3n) is 5.21. The predicted molar refractivity (Wildman–Crippen MR) is 96.4 cm³/mol. The second-order valence-electron chi connectivity index (χ2n) is 6.84. The Labute approximate surface area is 148 Å². The molecule has 2 aliphatic heterocycles. The summed E-state index contributed by atoms with van der Waals surface area (Å²) in [5, 5.41) is 3.36. The molecule has 2 fully saturated rings. The van der Waals surface area contributed by atoms with Crippen molar-refractivity contribution < 1.29 is 9.59 Å². The zero-order valence-corrected chi connectivity index (χ0v) is 14.6. The molecule has 2 amide bonds. The lowest BCUT2D eigenvalue weighted by Gasteiger charge is -2.36. The molecule has 7 nitrogen and oxygen atoms in total. The number of hydrogen-bond donors (Lipinski definition) is 2. The minimum Gasteiger partial charge on any atom is -0.365 e. The number of piperazine rings is 1. The lowest BCUT2D eigenvalue weighted by molar-refractivity contribution is -0.131. The Morgan fingerprint density at radius 2 is 1.92 bits per heavy atom. The van der Waals surface area contributed by atoms with E-state index in [9.17, 15) is 9.59 Å². The van der Waals surface area contributed by atoms with E-state index in [0.29, 0.717) is 49.9 Å². The molecule has 2 aliphatic rings. The van der Waals surface area contributed by atoms with E-state index in [1.807, 2.05) is 9.80 Å². The fourth-order valence-electron chi connectivity index (χ4n) is 3.67. The van der Waals surface area contributed by atoms with Crippen LogP contribution in [0.25, 0.3) is 0 Å². The van der Waals surface area contributed by atoms with Crippen molar-refractivity contribution in [2.45, 2.75) is 25.7 Å². The van der Waals surface area contributed by atoms with Crippen molar-refractivity contribution in [1.29, 1.82) is 0 Å². The number of hydrogen-bond acceptors (Lipinski definition) is 5. The van der Waals surface area contributed by atoms with E-state index >= 15 is 0 Å². The molecule has 136 valence electrons. The Morgan fingerprint density at radius 1 is 1.20 bits per heavy atom. The lowest BCUT2D eigenvalue weighted by Crippen LogP contribution is -2.49. The number of anilines is 1. The molecule has 0 aliphatic carbocycles. The Hall–Kier alpha value is -2.15. The van der Waals surface area contributed by atoms with Gasteiger partial charge in [0.05, 0.1) is 5.56 Å². The summed E-state index contributed by atoms with van der Waals surface area (Å²) in [4.78, 5) is 32.3. The average Bonchev–Trinajstić information content (AvgIpc) is 2.67. The van der Waals surface area contributed by atoms with Crippen molar-refractivity contribution in [3.63, 3.8) is 0 Å². The van der Waals surface area contributed by atoms with Crippen molar-refractivity contribution in [2.24, 2.45) is 11.7 Å². The van der Waals surface area contributed by atoms with Crippen molar-refractivity contribution in [1.82, 2.24) is 15.2 Å². The Morgan fingerprint density at radius 3 is 2.60 bits per heavy atom. The SMILES string of the molecule is NC(=O)c1cccnc1N1CCN(C(=O)CCC2CCNCC2)CC1. The third kappa shape index (κ3) is 4.48. The summed E-state index contributed by atoms with van der Waals surface area (Å²) >= 11 is 0. The molecule has 0 unspecified atom stereocenters. The van der Waals surface area contributed by atoms with Gasteiger partial charge in [0.25, 0.3) is 5.91 Å². The van der Waals surface area contributed by atoms with Gasteiger partial charge in [-0.2, -0.15) is 0 Å². The average molecular weight is 345 g/mol. The fraction of sp³-hybridized carbons (Fsp3) is 0.611. The van der Waals surface area contributed by atoms with Gasteiger partial charge in [-0.1, -0.05) is 0 Å². The van der Waals surface area contributed by atoms with Gasteiger partial charge < -0.3 is 20.9 Å². The van der Waals surface area contributed by atoms with Gasteiger partial charge in [0.1, 0.15) is 5.82 Å². The molecule has 0 aromatic carbocycles. The molecule has 3 N–H and O–H groups in total. The van der Waals surface area contributed by atoms with Gasteiger partial charge >= 0.3 is 0 Å². The molecular weight excluding hydrogens is 318 g/mol. The van der Waals surface area contributed by atoms with E-state index in [1.165, 1.54) is 12.8 Å². The number of rotatable bonds is 5. The smallest absolute Gasteiger partial charge is 0.252 e. The number of piperidine rings is 1. The monoisotopic (exact) mass is 345 g/mol. The van der Waals surface area contributed by atoms with E-state index in [4.69, 9.17) is 5.73 Å². The highest BCUT2D eigenvalue weighted by molar-refractivity contribution is 5.97. The number of aromatic nitrogens is 1. The van der Waals surface area contributed by atoms with Crippen LogP contribution in [0.1, 0.15) is 36.0 Å². The summed E-state index contributed by atoms with van der Waals surface area (Å²) < 4.78 is 0. The van der Waals surface area contributed by atoms with Crippen molar-refractivity contribution >= 4 is 17.6 Å². The summed E-state index contributed by atoms with van der Waals surface area (Å²) in [5.41, 5.74) is 5.87. The summed E-state index contributed by atoms with van der Waals surface area (Å²) in [5.74, 6) is 1.08. The van der Waals surface area contributed by atoms with E-state index in [1.54, 1.807) is 18.3 Å². The normalized spacial score (nSPS) is 19.0. The largest absolute Gasteiger partial charge is 0.365 e. The lowest BCUT2D eigenvalue weighted by atomic mass is 9.93. The highest BCUT2D eigenvalue weighted by atomic mass is 16.2. The minimum atomic E-state index is -0.469. The number of primary amides is 1. The van der Waals surface area contributed by atoms with Gasteiger partial charge in [0, 0.05) is 38.8 Å². The molecule has 0 atom stereocenters. The fourth-order valence-corrected chi connectivity index (χ4v) is 3.67. The van der Waals surface area contributed by atoms with Gasteiger partial charge in [-0.15, -0.1) is 0 Å². The first-order valence-electron chi connectivity index (χ1n) is 9.13. The standard InChI is InChI=1S/C18H27N5O2/c19-17(25)15-2-1-7-21-18(15)23-12-10-22(11-13-23)16(24)4-3-14-5-8-20-9-6-14/h1-2,7,14,20H,3-6,8-13H2,(H2,19,25). The van der Waals surface area contributed by atoms with E-state index in [0.717, 1.165) is 19.5 Å². The summed E-state index contributed by atoms with van der Waals surface area (Å²) in [6.07, 6.45) is 5.65. The van der Waals surface area contributed by atoms with Gasteiger partial charge in [0.15, 0.2) is 0 Å². The van der Waals surface area contributed by atoms with Crippen molar-refractivity contribution in [3.05, 3.63) is 23.9 Å². The topological polar surface area (TPSA) is 91.6 Å². The minimum absolute atomic E-state index is 0.245. The maximum Gasteiger partial charge on any atom is 0.252 e. The van der Waals surface area contributed by atoms with Gasteiger partial charge in [-0.3, -0.25) is 9.59 Å². The van der Waals surface area contributed by atoms with Crippen LogP contribution in [0.15, 0.2) is 18.3 Å². The first-order chi connectivity index (χ1) is 12.1. The second kappa shape index (κ2) is 8.29. The first-order valence-corrected chi connectivity index (χ1v) is 9.13. The maximum atomic E-state index is 12.5. The quantitative estimate of drug-likeness (QED) is 0.816. The van der Waals surface area contributed by atoms with E-state index in [2.05, 4.69) is 10.3 Å². The molecule has 3 heterocycles. The number of nitrogens with one attached hydrogen (secondary N) is 1. The van der Waals surface area contributed by atoms with Crippen LogP contribution < -0.4 is 16.0 Å². The number of carbonyl (C=O) groups excluding carboxylic acids is 2. The zero-order chi connectivity index (χ0) is 17.6. The van der Waals surface area contributed by atoms with E-state index in [-0.39, 0.29) is 5.91 Å². The molecule has 1 aromatic rings. The molecule has 25 heavy (non-hydrogen) atoms. The van der Waals surface area contributed by atoms with E-state index < -0.39 is 5.91 Å². The van der Waals surface area contributed by atoms with Crippen LogP contribution in [0.5, 0.6) is 0 Å². The van der Waals surface area contributed by atoms with Crippen LogP contribution >= 0.6 is 0 Å². The molecule has 0 bridgehead atoms. The molecule has 1 aromatic heterocycles. The van der Waals surface area contributed by atoms with Crippen LogP contribution in [0.4, 0.5) is 5.82 Å². The van der Waals surface area contributed by atoms with Gasteiger partial charge in [-0.05, 0) is 50.4 Å². The molecule has 3 rings (SSSR count). The van der Waals surface area contributed by atoms with Crippen molar-refractivity contribution in [2.75, 3.05) is 44.2 Å². The highest BCUT2D eigenvalue weighted by Crippen LogP contribution is 2.21. The number of amides is 2. The summed E-state index contributed by atoms with van der Waals surface area (Å²) in [6.45, 7) is 4.83. The number of pyridine rings is 1. The summed E-state index contributed by atoms with van der Waals surface area (Å²) in [7, 11) is 0. The van der Waals surface area contributed by atoms with Crippen LogP contribution in [0.2, 0.25) is 0 Å². The number of nitrogens with zero attached hydrogens (tertiary/aromatic N) is 3. The molecule has 2 saturated heterocycles.